The van der Waals surface area contributed by atoms with Crippen LogP contribution in [0.5, 0.6) is 0 Å². The van der Waals surface area contributed by atoms with Gasteiger partial charge in [-0.1, -0.05) is 12.1 Å². The summed E-state index contributed by atoms with van der Waals surface area (Å²) >= 11 is 0. The smallest absolute Gasteiger partial charge is 0.293 e. The third-order valence-corrected chi connectivity index (χ3v) is 5.26. The maximum atomic E-state index is 13.2. The molecule has 0 bridgehead atoms. The number of nitro groups is 1. The highest BCUT2D eigenvalue weighted by Gasteiger charge is 2.18. The molecule has 2 aromatic rings. The van der Waals surface area contributed by atoms with Crippen LogP contribution in [0.4, 0.5) is 15.8 Å². The Kier molecular flexibility index (Phi) is 8.10. The van der Waals surface area contributed by atoms with Crippen LogP contribution in [0.15, 0.2) is 52.4 Å². The van der Waals surface area contributed by atoms with Crippen molar-refractivity contribution in [2.24, 2.45) is 4.99 Å². The maximum absolute atomic E-state index is 13.2. The lowest BCUT2D eigenvalue weighted by molar-refractivity contribution is -0.384. The Bertz CT molecular complexity index is 1030. The van der Waals surface area contributed by atoms with E-state index in [1.807, 2.05) is 6.07 Å². The third kappa shape index (κ3) is 6.99. The van der Waals surface area contributed by atoms with Crippen LogP contribution in [0.2, 0.25) is 0 Å². The summed E-state index contributed by atoms with van der Waals surface area (Å²) in [6, 6.07) is 10.1. The van der Waals surface area contributed by atoms with Crippen LogP contribution >= 0.6 is 0 Å². The number of aliphatic imine (C=N–C) groups is 1. The van der Waals surface area contributed by atoms with Gasteiger partial charge in [0.05, 0.1) is 9.82 Å². The highest BCUT2D eigenvalue weighted by atomic mass is 32.2. The second-order valence-corrected chi connectivity index (χ2v) is 8.46. The highest BCUT2D eigenvalue weighted by Crippen LogP contribution is 2.27. The molecule has 0 spiro atoms. The summed E-state index contributed by atoms with van der Waals surface area (Å²) in [4.78, 5) is 14.6. The Labute approximate surface area is 174 Å². The van der Waals surface area contributed by atoms with Gasteiger partial charge in [0.1, 0.15) is 11.5 Å². The molecule has 0 aliphatic carbocycles. The number of nitrogens with one attached hydrogen (secondary N) is 3. The molecule has 0 amide bonds. The predicted molar refractivity (Wildman–Crippen MR) is 114 cm³/mol. The molecule has 0 unspecified atom stereocenters. The second kappa shape index (κ2) is 10.5. The summed E-state index contributed by atoms with van der Waals surface area (Å²) in [5.41, 5.74) is 0.781. The van der Waals surface area contributed by atoms with E-state index in [1.54, 1.807) is 13.1 Å². The van der Waals surface area contributed by atoms with Gasteiger partial charge in [-0.2, -0.15) is 0 Å². The summed E-state index contributed by atoms with van der Waals surface area (Å²) in [6.07, 6.45) is 1.62. The molecule has 2 aromatic carbocycles. The fourth-order valence-electron chi connectivity index (χ4n) is 2.66. The molecule has 0 saturated heterocycles. The topological polar surface area (TPSA) is 126 Å². The van der Waals surface area contributed by atoms with Crippen LogP contribution in [0.1, 0.15) is 5.56 Å². The molecule has 162 valence electrons. The fraction of sp³-hybridized carbons (Fsp3) is 0.316. The van der Waals surface area contributed by atoms with Crippen molar-refractivity contribution in [2.75, 3.05) is 38.3 Å². The molecule has 9 nitrogen and oxygen atoms in total. The minimum Gasteiger partial charge on any atom is -0.378 e. The molecule has 0 saturated carbocycles. The van der Waals surface area contributed by atoms with Gasteiger partial charge < -0.3 is 16.0 Å². The number of guanidine groups is 1. The third-order valence-electron chi connectivity index (χ3n) is 4.15. The van der Waals surface area contributed by atoms with Crippen molar-refractivity contribution in [3.8, 4) is 0 Å². The van der Waals surface area contributed by atoms with E-state index in [-0.39, 0.29) is 22.1 Å². The number of hydrogen-bond acceptors (Lipinski definition) is 6. The van der Waals surface area contributed by atoms with Crippen molar-refractivity contribution in [1.29, 1.82) is 0 Å². The number of halogens is 1. The monoisotopic (exact) mass is 437 g/mol. The number of hydrogen-bond donors (Lipinski definition) is 3. The molecule has 0 atom stereocenters. The van der Waals surface area contributed by atoms with E-state index < -0.39 is 14.8 Å². The van der Waals surface area contributed by atoms with E-state index in [2.05, 4.69) is 20.9 Å². The van der Waals surface area contributed by atoms with Gasteiger partial charge in [-0.3, -0.25) is 15.1 Å². The van der Waals surface area contributed by atoms with Gasteiger partial charge >= 0.3 is 0 Å². The van der Waals surface area contributed by atoms with Crippen LogP contribution in [-0.2, 0) is 16.3 Å². The average molecular weight is 437 g/mol. The van der Waals surface area contributed by atoms with E-state index in [9.17, 15) is 22.9 Å². The Balaban J connectivity index is 1.83. The first kappa shape index (κ1) is 23.1. The van der Waals surface area contributed by atoms with Crippen LogP contribution in [0, 0.1) is 15.9 Å². The molecule has 0 heterocycles. The van der Waals surface area contributed by atoms with Gasteiger partial charge in [-0.25, -0.2) is 12.8 Å². The second-order valence-electron chi connectivity index (χ2n) is 6.44. The van der Waals surface area contributed by atoms with Crippen LogP contribution in [0.25, 0.3) is 0 Å². The van der Waals surface area contributed by atoms with Gasteiger partial charge in [-0.05, 0) is 36.2 Å². The van der Waals surface area contributed by atoms with Gasteiger partial charge in [-0.15, -0.1) is 0 Å². The van der Waals surface area contributed by atoms with E-state index in [0.29, 0.717) is 32.0 Å². The van der Waals surface area contributed by atoms with Gasteiger partial charge in [0.2, 0.25) is 0 Å². The molecular formula is C19H24FN5O4S. The Morgan fingerprint density at radius 2 is 1.87 bits per heavy atom. The molecule has 0 aromatic heterocycles. The molecule has 2 rings (SSSR count). The number of benzene rings is 2. The van der Waals surface area contributed by atoms with E-state index in [1.165, 1.54) is 24.3 Å². The Morgan fingerprint density at radius 1 is 1.13 bits per heavy atom. The van der Waals surface area contributed by atoms with Crippen molar-refractivity contribution in [2.45, 2.75) is 11.3 Å². The number of rotatable bonds is 9. The molecule has 0 radical (unpaired) electrons. The molecule has 0 fully saturated rings. The van der Waals surface area contributed by atoms with E-state index >= 15 is 0 Å². The molecular weight excluding hydrogens is 413 g/mol. The number of sulfone groups is 1. The lowest BCUT2D eigenvalue weighted by Crippen LogP contribution is -2.40. The number of anilines is 1. The maximum Gasteiger partial charge on any atom is 0.293 e. The molecule has 3 N–H and O–H groups in total. The minimum atomic E-state index is -3.54. The summed E-state index contributed by atoms with van der Waals surface area (Å²) < 4.78 is 36.4. The summed E-state index contributed by atoms with van der Waals surface area (Å²) in [7, 11) is -1.93. The predicted octanol–water partition coefficient (Wildman–Crippen LogP) is 1.96. The first-order valence-corrected chi connectivity index (χ1v) is 11.0. The fourth-order valence-corrected chi connectivity index (χ4v) is 3.30. The molecule has 30 heavy (non-hydrogen) atoms. The van der Waals surface area contributed by atoms with E-state index in [0.717, 1.165) is 17.9 Å². The zero-order chi connectivity index (χ0) is 22.1. The van der Waals surface area contributed by atoms with Gasteiger partial charge in [0.15, 0.2) is 15.8 Å². The average Bonchev–Trinajstić information content (AvgIpc) is 2.69. The first-order chi connectivity index (χ1) is 14.2. The van der Waals surface area contributed by atoms with Crippen LogP contribution < -0.4 is 16.0 Å². The zero-order valence-corrected chi connectivity index (χ0v) is 17.5. The molecule has 11 heteroatoms. The van der Waals surface area contributed by atoms with Crippen LogP contribution in [-0.4, -0.2) is 52.2 Å². The summed E-state index contributed by atoms with van der Waals surface area (Å²) in [5.74, 6) is 0.259. The number of nitrogens with zero attached hydrogens (tertiary/aromatic N) is 2. The summed E-state index contributed by atoms with van der Waals surface area (Å²) in [5, 5.41) is 20.3. The normalized spacial score (nSPS) is 11.8. The lowest BCUT2D eigenvalue weighted by atomic mass is 10.1. The van der Waals surface area contributed by atoms with E-state index in [4.69, 9.17) is 0 Å². The Hall–Kier alpha value is -3.21. The van der Waals surface area contributed by atoms with Gasteiger partial charge in [0, 0.05) is 39.0 Å². The van der Waals surface area contributed by atoms with Crippen molar-refractivity contribution < 1.29 is 17.7 Å². The van der Waals surface area contributed by atoms with Crippen molar-refractivity contribution in [1.82, 2.24) is 10.6 Å². The zero-order valence-electron chi connectivity index (χ0n) is 16.7. The SMILES string of the molecule is CN=C(NCCNc1ccc(S(C)(=O)=O)cc1[N+](=O)[O-])NCCc1cccc(F)c1. The van der Waals surface area contributed by atoms with Crippen molar-refractivity contribution in [3.63, 3.8) is 0 Å². The summed E-state index contributed by atoms with van der Waals surface area (Å²) in [6.45, 7) is 1.29. The standard InChI is InChI=1S/C19H24FN5O4S/c1-21-19(23-9-8-14-4-3-5-15(20)12-14)24-11-10-22-17-7-6-16(30(2,28)29)13-18(17)25(26)27/h3-7,12-13,22H,8-11H2,1-2H3,(H2,21,23,24). The first-order valence-electron chi connectivity index (χ1n) is 9.12. The van der Waals surface area contributed by atoms with Gasteiger partial charge in [0.25, 0.3) is 5.69 Å². The minimum absolute atomic E-state index is 0.110. The highest BCUT2D eigenvalue weighted by molar-refractivity contribution is 7.90. The quantitative estimate of drug-likeness (QED) is 0.180. The largest absolute Gasteiger partial charge is 0.378 e. The number of nitro benzene ring substituents is 1. The Morgan fingerprint density at radius 3 is 2.50 bits per heavy atom. The molecule has 0 aliphatic heterocycles. The van der Waals surface area contributed by atoms with Crippen LogP contribution in [0.3, 0.4) is 0 Å². The molecule has 0 aliphatic rings. The lowest BCUT2D eigenvalue weighted by Gasteiger charge is -2.13. The van der Waals surface area contributed by atoms with Crippen molar-refractivity contribution >= 4 is 27.2 Å². The van der Waals surface area contributed by atoms with Crippen molar-refractivity contribution in [3.05, 3.63) is 64.0 Å².